The first-order valence-corrected chi connectivity index (χ1v) is 13.1. The number of benzene rings is 3. The first-order chi connectivity index (χ1) is 20.8. The van der Waals surface area contributed by atoms with Crippen LogP contribution < -0.4 is 18.9 Å². The molecule has 0 amide bonds. The average molecular weight is 587 g/mol. The maximum atomic E-state index is 13.3. The lowest BCUT2D eigenvalue weighted by Gasteiger charge is -2.08. The standard InChI is InChI=1S/C34H34O9/c1-40-30-15-9-23(18-32(30)42-3)7-13-28(38)34(27(37)12-6-22-5-11-25(20-35)26(17-22)21-36)29(39)14-8-24-10-16-31(41-2)33(19-24)43-4/h5-19,35-36,38H,20-21H2,1-4H3/b12-6+,13-7+,14-8+,34-28+. The predicted molar refractivity (Wildman–Crippen MR) is 164 cm³/mol. The molecule has 3 aromatic rings. The van der Waals surface area contributed by atoms with Crippen LogP contribution in [0.3, 0.4) is 0 Å². The number of ketones is 2. The first kappa shape index (κ1) is 32.4. The number of hydrogen-bond acceptors (Lipinski definition) is 9. The fraction of sp³-hybridized carbons (Fsp3) is 0.176. The van der Waals surface area contributed by atoms with Gasteiger partial charge >= 0.3 is 0 Å². The van der Waals surface area contributed by atoms with Gasteiger partial charge in [-0.2, -0.15) is 0 Å². The molecule has 3 N–H and O–H groups in total. The summed E-state index contributed by atoms with van der Waals surface area (Å²) in [5.74, 6) is -0.0527. The quantitative estimate of drug-likeness (QED) is 0.0776. The number of rotatable bonds is 14. The van der Waals surface area contributed by atoms with E-state index in [2.05, 4.69) is 0 Å². The van der Waals surface area contributed by atoms with Crippen molar-refractivity contribution in [3.05, 3.63) is 112 Å². The van der Waals surface area contributed by atoms with Crippen LogP contribution in [0.4, 0.5) is 0 Å². The van der Waals surface area contributed by atoms with Crippen LogP contribution in [0.2, 0.25) is 0 Å². The third-order valence-electron chi connectivity index (χ3n) is 6.42. The monoisotopic (exact) mass is 586 g/mol. The van der Waals surface area contributed by atoms with Crippen molar-refractivity contribution < 1.29 is 43.9 Å². The highest BCUT2D eigenvalue weighted by Crippen LogP contribution is 2.29. The summed E-state index contributed by atoms with van der Waals surface area (Å²) in [7, 11) is 6.01. The van der Waals surface area contributed by atoms with Crippen LogP contribution in [0.15, 0.2) is 84.2 Å². The zero-order valence-electron chi connectivity index (χ0n) is 24.4. The van der Waals surface area contributed by atoms with Crippen molar-refractivity contribution >= 4 is 29.8 Å². The van der Waals surface area contributed by atoms with Gasteiger partial charge in [0.1, 0.15) is 11.3 Å². The number of hydrogen-bond donors (Lipinski definition) is 3. The minimum atomic E-state index is -0.742. The highest BCUT2D eigenvalue weighted by Gasteiger charge is 2.19. The first-order valence-electron chi connectivity index (χ1n) is 13.1. The van der Waals surface area contributed by atoms with Gasteiger partial charge in [0, 0.05) is 0 Å². The summed E-state index contributed by atoms with van der Waals surface area (Å²) in [6.45, 7) is -0.537. The molecule has 0 aliphatic rings. The number of ether oxygens (including phenoxy) is 4. The Labute approximate surface area is 250 Å². The van der Waals surface area contributed by atoms with E-state index in [9.17, 15) is 24.9 Å². The van der Waals surface area contributed by atoms with E-state index in [0.29, 0.717) is 50.8 Å². The molecule has 0 bridgehead atoms. The molecule has 0 unspecified atom stereocenters. The predicted octanol–water partition coefficient (Wildman–Crippen LogP) is 5.10. The Morgan fingerprint density at radius 2 is 1.00 bits per heavy atom. The number of aliphatic hydroxyl groups excluding tert-OH is 3. The second-order valence-electron chi connectivity index (χ2n) is 9.06. The molecular formula is C34H34O9. The number of methoxy groups -OCH3 is 4. The summed E-state index contributed by atoms with van der Waals surface area (Å²) in [5, 5.41) is 30.0. The van der Waals surface area contributed by atoms with E-state index in [4.69, 9.17) is 18.9 Å². The maximum Gasteiger partial charge on any atom is 0.193 e. The molecule has 0 saturated heterocycles. The Morgan fingerprint density at radius 1 is 0.581 bits per heavy atom. The fourth-order valence-corrected chi connectivity index (χ4v) is 4.11. The third-order valence-corrected chi connectivity index (χ3v) is 6.42. The Bertz CT molecular complexity index is 1500. The van der Waals surface area contributed by atoms with Gasteiger partial charge in [-0.3, -0.25) is 9.59 Å². The van der Waals surface area contributed by atoms with E-state index < -0.39 is 22.9 Å². The third kappa shape index (κ3) is 8.45. The Morgan fingerprint density at radius 3 is 1.44 bits per heavy atom. The molecule has 9 heteroatoms. The molecule has 3 rings (SSSR count). The van der Waals surface area contributed by atoms with Crippen LogP contribution in [0.5, 0.6) is 23.0 Å². The molecule has 0 spiro atoms. The normalized spacial score (nSPS) is 12.0. The van der Waals surface area contributed by atoms with Crippen LogP contribution in [0.25, 0.3) is 18.2 Å². The van der Waals surface area contributed by atoms with E-state index in [1.807, 2.05) is 0 Å². The second-order valence-corrected chi connectivity index (χ2v) is 9.06. The van der Waals surface area contributed by atoms with Gasteiger partial charge in [0.25, 0.3) is 0 Å². The molecule has 0 atom stereocenters. The number of allylic oxidation sites excluding steroid dienone is 4. The lowest BCUT2D eigenvalue weighted by atomic mass is 10.0. The van der Waals surface area contributed by atoms with Gasteiger partial charge in [-0.1, -0.05) is 42.5 Å². The maximum absolute atomic E-state index is 13.3. The molecule has 0 saturated carbocycles. The van der Waals surface area contributed by atoms with E-state index in [0.717, 1.165) is 6.08 Å². The molecule has 0 fully saturated rings. The van der Waals surface area contributed by atoms with Crippen LogP contribution in [0.1, 0.15) is 27.8 Å². The molecule has 3 aromatic carbocycles. The minimum Gasteiger partial charge on any atom is -0.507 e. The summed E-state index contributed by atoms with van der Waals surface area (Å²) in [6, 6.07) is 15.1. The molecular weight excluding hydrogens is 552 g/mol. The van der Waals surface area contributed by atoms with Gasteiger partial charge in [-0.15, -0.1) is 0 Å². The van der Waals surface area contributed by atoms with Crippen molar-refractivity contribution in [2.45, 2.75) is 13.2 Å². The van der Waals surface area contributed by atoms with Crippen LogP contribution in [-0.4, -0.2) is 55.3 Å². The SMILES string of the molecule is COc1ccc(/C=C/C(=O)/C(C(=O)/C=C/c2ccc(CO)c(CO)c2)=C(O)\C=C\c2ccc(OC)c(OC)c2)cc1OC. The summed E-state index contributed by atoms with van der Waals surface area (Å²) in [5.41, 5.74) is 2.39. The molecule has 43 heavy (non-hydrogen) atoms. The molecule has 224 valence electrons. The zero-order valence-corrected chi connectivity index (χ0v) is 24.4. The highest BCUT2D eigenvalue weighted by molar-refractivity contribution is 6.29. The average Bonchev–Trinajstić information content (AvgIpc) is 3.04. The molecule has 0 radical (unpaired) electrons. The van der Waals surface area contributed by atoms with Crippen molar-refractivity contribution in [2.24, 2.45) is 0 Å². The molecule has 9 nitrogen and oxygen atoms in total. The molecule has 0 heterocycles. The molecule has 0 aliphatic heterocycles. The van der Waals surface area contributed by atoms with Crippen LogP contribution in [0, 0.1) is 0 Å². The van der Waals surface area contributed by atoms with Gasteiger partial charge < -0.3 is 34.3 Å². The lowest BCUT2D eigenvalue weighted by molar-refractivity contribution is -0.117. The van der Waals surface area contributed by atoms with Gasteiger partial charge in [0.15, 0.2) is 34.6 Å². The van der Waals surface area contributed by atoms with E-state index in [-0.39, 0.29) is 13.2 Å². The lowest BCUT2D eigenvalue weighted by Crippen LogP contribution is -2.11. The topological polar surface area (TPSA) is 132 Å². The van der Waals surface area contributed by atoms with Crippen molar-refractivity contribution in [3.63, 3.8) is 0 Å². The molecule has 0 aliphatic carbocycles. The van der Waals surface area contributed by atoms with Crippen molar-refractivity contribution in [1.29, 1.82) is 0 Å². The van der Waals surface area contributed by atoms with E-state index >= 15 is 0 Å². The van der Waals surface area contributed by atoms with Crippen molar-refractivity contribution in [1.82, 2.24) is 0 Å². The smallest absolute Gasteiger partial charge is 0.193 e. The molecule has 0 aromatic heterocycles. The van der Waals surface area contributed by atoms with Gasteiger partial charge in [0.05, 0.1) is 41.7 Å². The number of aliphatic hydroxyl groups is 3. The summed E-state index contributed by atoms with van der Waals surface area (Å²) >= 11 is 0. The Kier molecular flexibility index (Phi) is 11.9. The minimum absolute atomic E-state index is 0.243. The second kappa shape index (κ2) is 15.8. The van der Waals surface area contributed by atoms with Crippen molar-refractivity contribution in [2.75, 3.05) is 28.4 Å². The van der Waals surface area contributed by atoms with E-state index in [1.165, 1.54) is 58.8 Å². The fourth-order valence-electron chi connectivity index (χ4n) is 4.11. The highest BCUT2D eigenvalue weighted by atomic mass is 16.5. The summed E-state index contributed by atoms with van der Waals surface area (Å²) in [6.07, 6.45) is 8.08. The van der Waals surface area contributed by atoms with Crippen LogP contribution >= 0.6 is 0 Å². The zero-order chi connectivity index (χ0) is 31.4. The van der Waals surface area contributed by atoms with Crippen LogP contribution in [-0.2, 0) is 22.8 Å². The Balaban J connectivity index is 1.99. The largest absolute Gasteiger partial charge is 0.507 e. The van der Waals surface area contributed by atoms with Gasteiger partial charge in [0.2, 0.25) is 0 Å². The van der Waals surface area contributed by atoms with E-state index in [1.54, 1.807) is 54.6 Å². The Hall–Kier alpha value is -5.12. The number of carbonyl (C=O) groups excluding carboxylic acids is 2. The van der Waals surface area contributed by atoms with Crippen molar-refractivity contribution in [3.8, 4) is 23.0 Å². The van der Waals surface area contributed by atoms with Gasteiger partial charge in [-0.05, 0) is 76.4 Å². The van der Waals surface area contributed by atoms with Gasteiger partial charge in [-0.25, -0.2) is 0 Å². The summed E-state index contributed by atoms with van der Waals surface area (Å²) in [4.78, 5) is 26.6. The number of carbonyl (C=O) groups is 2. The summed E-state index contributed by atoms with van der Waals surface area (Å²) < 4.78 is 21.1.